The van der Waals surface area contributed by atoms with E-state index in [4.69, 9.17) is 10.2 Å². The van der Waals surface area contributed by atoms with Crippen LogP contribution in [-0.2, 0) is 7.05 Å². The number of fused-ring (bicyclic) bond motifs is 1. The predicted molar refractivity (Wildman–Crippen MR) is 78.4 cm³/mol. The van der Waals surface area contributed by atoms with Gasteiger partial charge in [0.25, 0.3) is 0 Å². The van der Waals surface area contributed by atoms with Crippen LogP contribution in [0.2, 0.25) is 0 Å². The minimum Gasteiger partial charge on any atom is -0.439 e. The van der Waals surface area contributed by atoms with Crippen molar-refractivity contribution < 1.29 is 4.42 Å². The van der Waals surface area contributed by atoms with Gasteiger partial charge >= 0.3 is 0 Å². The molecule has 2 N–H and O–H groups in total. The number of aryl methyl sites for hydroxylation is 2. The Morgan fingerprint density at radius 2 is 2.20 bits per heavy atom. The number of nitrogen functional groups attached to an aromatic ring is 1. The first kappa shape index (κ1) is 13.0. The van der Waals surface area contributed by atoms with Gasteiger partial charge in [-0.2, -0.15) is 0 Å². The third-order valence-corrected chi connectivity index (χ3v) is 4.28. The molecule has 3 aromatic rings. The lowest BCUT2D eigenvalue weighted by Gasteiger charge is -2.11. The van der Waals surface area contributed by atoms with Crippen molar-refractivity contribution in [2.45, 2.75) is 24.3 Å². The van der Waals surface area contributed by atoms with Crippen molar-refractivity contribution >= 4 is 28.5 Å². The molecule has 1 unspecified atom stereocenters. The molecule has 7 heteroatoms. The topological polar surface area (TPSA) is 82.8 Å². The maximum absolute atomic E-state index is 6.04. The van der Waals surface area contributed by atoms with Gasteiger partial charge in [-0.1, -0.05) is 11.8 Å². The molecule has 0 aliphatic carbocycles. The van der Waals surface area contributed by atoms with Crippen LogP contribution in [-0.4, -0.2) is 19.7 Å². The zero-order valence-electron chi connectivity index (χ0n) is 11.5. The molecule has 0 spiro atoms. The van der Waals surface area contributed by atoms with Crippen molar-refractivity contribution in [3.63, 3.8) is 0 Å². The van der Waals surface area contributed by atoms with Crippen LogP contribution in [0.4, 0.5) is 5.69 Å². The zero-order chi connectivity index (χ0) is 14.3. The van der Waals surface area contributed by atoms with Crippen LogP contribution >= 0.6 is 11.8 Å². The third kappa shape index (κ3) is 2.24. The molecule has 104 valence electrons. The highest BCUT2D eigenvalue weighted by Gasteiger charge is 2.15. The Morgan fingerprint density at radius 1 is 1.40 bits per heavy atom. The molecule has 0 radical (unpaired) electrons. The fraction of sp³-hybridized carbons (Fsp3) is 0.308. The maximum Gasteiger partial charge on any atom is 0.192 e. The second-order valence-electron chi connectivity index (χ2n) is 4.68. The monoisotopic (exact) mass is 289 g/mol. The Hall–Kier alpha value is -2.02. The summed E-state index contributed by atoms with van der Waals surface area (Å²) in [6.45, 7) is 3.92. The summed E-state index contributed by atoms with van der Waals surface area (Å²) in [5, 5.41) is 9.02. The van der Waals surface area contributed by atoms with Crippen LogP contribution in [0.5, 0.6) is 0 Å². The molecular formula is C13H15N5OS. The molecule has 1 atom stereocenters. The molecule has 0 amide bonds. The van der Waals surface area contributed by atoms with E-state index in [0.29, 0.717) is 17.2 Å². The lowest BCUT2D eigenvalue weighted by Crippen LogP contribution is -1.96. The summed E-state index contributed by atoms with van der Waals surface area (Å²) in [5.74, 6) is 0.623. The van der Waals surface area contributed by atoms with Gasteiger partial charge in [-0.25, -0.2) is 4.98 Å². The Morgan fingerprint density at radius 3 is 2.90 bits per heavy atom. The number of nitrogens with two attached hydrogens (primary N) is 1. The van der Waals surface area contributed by atoms with E-state index in [9.17, 15) is 0 Å². The number of oxazole rings is 1. The largest absolute Gasteiger partial charge is 0.439 e. The Bertz CT molecular complexity index is 763. The Labute approximate surface area is 120 Å². The van der Waals surface area contributed by atoms with Crippen LogP contribution in [0, 0.1) is 6.92 Å². The van der Waals surface area contributed by atoms with E-state index >= 15 is 0 Å². The van der Waals surface area contributed by atoms with E-state index in [-0.39, 0.29) is 5.25 Å². The molecule has 2 heterocycles. The summed E-state index contributed by atoms with van der Waals surface area (Å²) in [5.41, 5.74) is 9.19. The molecule has 0 fully saturated rings. The number of aromatic nitrogens is 4. The van der Waals surface area contributed by atoms with Gasteiger partial charge < -0.3 is 14.7 Å². The normalized spacial score (nSPS) is 12.9. The molecule has 0 aliphatic rings. The molecule has 2 aromatic heterocycles. The third-order valence-electron chi connectivity index (χ3n) is 3.07. The second-order valence-corrected chi connectivity index (χ2v) is 5.98. The van der Waals surface area contributed by atoms with Crippen LogP contribution < -0.4 is 5.73 Å². The number of rotatable bonds is 3. The molecule has 0 bridgehead atoms. The second kappa shape index (κ2) is 4.82. The predicted octanol–water partition coefficient (Wildman–Crippen LogP) is 2.70. The Balaban J connectivity index is 1.95. The van der Waals surface area contributed by atoms with E-state index in [1.54, 1.807) is 18.1 Å². The van der Waals surface area contributed by atoms with E-state index in [2.05, 4.69) is 22.1 Å². The van der Waals surface area contributed by atoms with Gasteiger partial charge in [-0.3, -0.25) is 0 Å². The first-order valence-electron chi connectivity index (χ1n) is 6.22. The van der Waals surface area contributed by atoms with Crippen molar-refractivity contribution in [1.82, 2.24) is 19.7 Å². The number of anilines is 1. The zero-order valence-corrected chi connectivity index (χ0v) is 12.3. The van der Waals surface area contributed by atoms with Crippen LogP contribution in [0.15, 0.2) is 28.0 Å². The van der Waals surface area contributed by atoms with Crippen molar-refractivity contribution in [2.75, 3.05) is 5.73 Å². The van der Waals surface area contributed by atoms with Gasteiger partial charge in [0.2, 0.25) is 0 Å². The van der Waals surface area contributed by atoms with E-state index < -0.39 is 0 Å². The van der Waals surface area contributed by atoms with Crippen molar-refractivity contribution in [2.24, 2.45) is 7.05 Å². The lowest BCUT2D eigenvalue weighted by molar-refractivity contribution is 0.562. The molecule has 3 rings (SSSR count). The number of hydrogen-bond donors (Lipinski definition) is 1. The standard InChI is InChI=1S/C13H15N5OS/c1-7(20-13-17-15-6-18(13)3)9-4-10(14)12-11(5-9)16-8(2)19-12/h4-7H,14H2,1-3H3. The van der Waals surface area contributed by atoms with Crippen molar-refractivity contribution in [3.05, 3.63) is 29.9 Å². The molecule has 20 heavy (non-hydrogen) atoms. The van der Waals surface area contributed by atoms with Crippen molar-refractivity contribution in [3.8, 4) is 0 Å². The van der Waals surface area contributed by atoms with E-state index in [0.717, 1.165) is 16.2 Å². The molecule has 0 aliphatic heterocycles. The maximum atomic E-state index is 6.04. The fourth-order valence-electron chi connectivity index (χ4n) is 2.03. The number of hydrogen-bond acceptors (Lipinski definition) is 6. The highest BCUT2D eigenvalue weighted by Crippen LogP contribution is 2.36. The fourth-order valence-corrected chi connectivity index (χ4v) is 2.93. The first-order chi connectivity index (χ1) is 9.54. The summed E-state index contributed by atoms with van der Waals surface area (Å²) < 4.78 is 7.38. The van der Waals surface area contributed by atoms with Gasteiger partial charge in [0.15, 0.2) is 16.6 Å². The smallest absolute Gasteiger partial charge is 0.192 e. The average molecular weight is 289 g/mol. The summed E-state index contributed by atoms with van der Waals surface area (Å²) >= 11 is 1.63. The minimum absolute atomic E-state index is 0.196. The van der Waals surface area contributed by atoms with Crippen molar-refractivity contribution in [1.29, 1.82) is 0 Å². The van der Waals surface area contributed by atoms with Gasteiger partial charge in [-0.05, 0) is 24.6 Å². The highest BCUT2D eigenvalue weighted by molar-refractivity contribution is 7.99. The lowest BCUT2D eigenvalue weighted by atomic mass is 10.1. The van der Waals surface area contributed by atoms with E-state index in [1.807, 2.05) is 30.7 Å². The average Bonchev–Trinajstić information content (AvgIpc) is 2.95. The number of thioether (sulfide) groups is 1. The summed E-state index contributed by atoms with van der Waals surface area (Å²) in [4.78, 5) is 4.34. The molecule has 0 saturated heterocycles. The van der Waals surface area contributed by atoms with Crippen LogP contribution in [0.1, 0.15) is 23.6 Å². The SMILES string of the molecule is Cc1nc2cc(C(C)Sc3nncn3C)cc(N)c2o1. The van der Waals surface area contributed by atoms with Crippen LogP contribution in [0.25, 0.3) is 11.1 Å². The van der Waals surface area contributed by atoms with E-state index in [1.165, 1.54) is 0 Å². The number of benzene rings is 1. The number of nitrogens with zero attached hydrogens (tertiary/aromatic N) is 4. The summed E-state index contributed by atoms with van der Waals surface area (Å²) in [7, 11) is 1.92. The highest BCUT2D eigenvalue weighted by atomic mass is 32.2. The van der Waals surface area contributed by atoms with Gasteiger partial charge in [0, 0.05) is 19.2 Å². The quantitative estimate of drug-likeness (QED) is 0.589. The summed E-state index contributed by atoms with van der Waals surface area (Å²) in [6, 6.07) is 3.94. The molecule has 6 nitrogen and oxygen atoms in total. The molecular weight excluding hydrogens is 274 g/mol. The summed E-state index contributed by atoms with van der Waals surface area (Å²) in [6.07, 6.45) is 1.69. The first-order valence-corrected chi connectivity index (χ1v) is 7.10. The van der Waals surface area contributed by atoms with Gasteiger partial charge in [0.05, 0.1) is 5.69 Å². The van der Waals surface area contributed by atoms with Crippen LogP contribution in [0.3, 0.4) is 0 Å². The van der Waals surface area contributed by atoms with Gasteiger partial charge in [-0.15, -0.1) is 10.2 Å². The Kier molecular flexibility index (Phi) is 3.13. The molecule has 1 aromatic carbocycles. The molecule has 0 saturated carbocycles. The minimum atomic E-state index is 0.196. The van der Waals surface area contributed by atoms with Gasteiger partial charge in [0.1, 0.15) is 11.8 Å².